The summed E-state index contributed by atoms with van der Waals surface area (Å²) in [5, 5.41) is 0.0556. The molecule has 4 rings (SSSR count). The first-order valence-corrected chi connectivity index (χ1v) is 9.98. The van der Waals surface area contributed by atoms with E-state index in [0.29, 0.717) is 17.9 Å². The third kappa shape index (κ3) is 2.82. The highest BCUT2D eigenvalue weighted by atomic mass is 32.2. The maximum absolute atomic E-state index is 12.4. The van der Waals surface area contributed by atoms with Crippen molar-refractivity contribution in [2.45, 2.75) is 29.4 Å². The molecule has 8 heteroatoms. The van der Waals surface area contributed by atoms with Gasteiger partial charge in [0.1, 0.15) is 0 Å². The minimum Gasteiger partial charge on any atom is -0.324 e. The molecule has 1 aliphatic heterocycles. The molecule has 0 spiro atoms. The third-order valence-electron chi connectivity index (χ3n) is 4.84. The lowest BCUT2D eigenvalue weighted by Crippen LogP contribution is -2.32. The lowest BCUT2D eigenvalue weighted by molar-refractivity contribution is -0.0584. The van der Waals surface area contributed by atoms with Crippen LogP contribution >= 0.6 is 0 Å². The van der Waals surface area contributed by atoms with Crippen LogP contribution in [0, 0.1) is 0 Å². The van der Waals surface area contributed by atoms with Crippen LogP contribution in [0.25, 0.3) is 0 Å². The van der Waals surface area contributed by atoms with Crippen LogP contribution in [-0.4, -0.2) is 36.5 Å². The van der Waals surface area contributed by atoms with Crippen molar-refractivity contribution < 1.29 is 27.6 Å². The van der Waals surface area contributed by atoms with E-state index in [2.05, 4.69) is 0 Å². The van der Waals surface area contributed by atoms with Crippen LogP contribution in [0.3, 0.4) is 0 Å². The van der Waals surface area contributed by atoms with Crippen molar-refractivity contribution in [3.8, 4) is 0 Å². The van der Waals surface area contributed by atoms with E-state index in [4.69, 9.17) is 4.84 Å². The van der Waals surface area contributed by atoms with Gasteiger partial charge in [-0.3, -0.25) is 9.59 Å². The van der Waals surface area contributed by atoms with Crippen molar-refractivity contribution in [3.05, 3.63) is 65.2 Å². The summed E-state index contributed by atoms with van der Waals surface area (Å²) in [6, 6.07) is 11.5. The monoisotopic (exact) mass is 385 g/mol. The van der Waals surface area contributed by atoms with E-state index in [-0.39, 0.29) is 26.8 Å². The Bertz CT molecular complexity index is 1020. The molecule has 0 atom stereocenters. The van der Waals surface area contributed by atoms with Crippen molar-refractivity contribution in [3.63, 3.8) is 0 Å². The molecule has 0 saturated heterocycles. The normalized spacial score (nSPS) is 16.8. The van der Waals surface area contributed by atoms with Gasteiger partial charge in [-0.05, 0) is 49.2 Å². The van der Waals surface area contributed by atoms with Crippen LogP contribution in [0.5, 0.6) is 0 Å². The summed E-state index contributed by atoms with van der Waals surface area (Å²) in [5.41, 5.74) is 0.369. The Morgan fingerprint density at radius 3 is 1.96 bits per heavy atom. The van der Waals surface area contributed by atoms with E-state index < -0.39 is 27.6 Å². The molecule has 2 aromatic rings. The number of hydrogen-bond donors (Lipinski definition) is 0. The molecule has 0 unspecified atom stereocenters. The second-order valence-corrected chi connectivity index (χ2v) is 8.68. The molecular weight excluding hydrogens is 370 g/mol. The van der Waals surface area contributed by atoms with Crippen molar-refractivity contribution >= 4 is 27.6 Å². The van der Waals surface area contributed by atoms with Crippen molar-refractivity contribution in [1.29, 1.82) is 0 Å². The lowest BCUT2D eigenvalue weighted by Gasteiger charge is -2.25. The van der Waals surface area contributed by atoms with Crippen LogP contribution in [-0.2, 0) is 14.7 Å². The molecule has 0 N–H and O–H groups in total. The van der Waals surface area contributed by atoms with Crippen LogP contribution in [0.15, 0.2) is 53.4 Å². The number of carbonyl (C=O) groups excluding carboxylic acids is 3. The van der Waals surface area contributed by atoms with E-state index in [0.717, 1.165) is 6.42 Å². The standard InChI is InChI=1S/C19H15NO6S/c21-17-15-6-1-2-7-16(15)18(22)20(17)26-19(23)12-8-10-14(11-9-12)27(24,25)13-4-3-5-13/h1-2,6-11,13H,3-5H2. The number of carbonyl (C=O) groups is 3. The van der Waals surface area contributed by atoms with Gasteiger partial charge in [0.05, 0.1) is 26.8 Å². The first-order valence-electron chi connectivity index (χ1n) is 8.43. The maximum Gasteiger partial charge on any atom is 0.363 e. The zero-order valence-corrected chi connectivity index (χ0v) is 14.9. The molecule has 2 amide bonds. The van der Waals surface area contributed by atoms with Gasteiger partial charge in [-0.15, -0.1) is 0 Å². The average Bonchev–Trinajstić information content (AvgIpc) is 2.85. The summed E-state index contributed by atoms with van der Waals surface area (Å²) in [5.74, 6) is -2.35. The Morgan fingerprint density at radius 2 is 1.48 bits per heavy atom. The fourth-order valence-corrected chi connectivity index (χ4v) is 4.89. The number of imide groups is 1. The van der Waals surface area contributed by atoms with Gasteiger partial charge < -0.3 is 4.84 Å². The second kappa shape index (κ2) is 6.31. The largest absolute Gasteiger partial charge is 0.363 e. The fraction of sp³-hybridized carbons (Fsp3) is 0.211. The van der Waals surface area contributed by atoms with E-state index in [9.17, 15) is 22.8 Å². The second-order valence-electron chi connectivity index (χ2n) is 6.45. The van der Waals surface area contributed by atoms with Crippen LogP contribution in [0.4, 0.5) is 0 Å². The minimum atomic E-state index is -3.39. The van der Waals surface area contributed by atoms with E-state index >= 15 is 0 Å². The predicted molar refractivity (Wildman–Crippen MR) is 93.6 cm³/mol. The summed E-state index contributed by atoms with van der Waals surface area (Å²) in [6.45, 7) is 0. The highest BCUT2D eigenvalue weighted by Crippen LogP contribution is 2.31. The van der Waals surface area contributed by atoms with Gasteiger partial charge in [-0.25, -0.2) is 13.2 Å². The predicted octanol–water partition coefficient (Wildman–Crippen LogP) is 2.38. The summed E-state index contributed by atoms with van der Waals surface area (Å²) in [6.07, 6.45) is 2.19. The zero-order chi connectivity index (χ0) is 19.2. The van der Waals surface area contributed by atoms with Gasteiger partial charge in [-0.1, -0.05) is 23.6 Å². The van der Waals surface area contributed by atoms with E-state index in [1.54, 1.807) is 12.1 Å². The van der Waals surface area contributed by atoms with Gasteiger partial charge in [0.15, 0.2) is 9.84 Å². The molecule has 2 aliphatic rings. The number of amides is 2. The first-order chi connectivity index (χ1) is 12.9. The molecule has 1 heterocycles. The molecule has 0 aromatic heterocycles. The van der Waals surface area contributed by atoms with Gasteiger partial charge in [-0.2, -0.15) is 0 Å². The van der Waals surface area contributed by atoms with Crippen molar-refractivity contribution in [1.82, 2.24) is 5.06 Å². The number of benzene rings is 2. The molecule has 2 aromatic carbocycles. The van der Waals surface area contributed by atoms with Gasteiger partial charge in [0.2, 0.25) is 0 Å². The number of hydrogen-bond acceptors (Lipinski definition) is 6. The zero-order valence-electron chi connectivity index (χ0n) is 14.1. The van der Waals surface area contributed by atoms with Crippen LogP contribution < -0.4 is 0 Å². The Kier molecular flexibility index (Phi) is 4.07. The molecule has 1 aliphatic carbocycles. The van der Waals surface area contributed by atoms with Gasteiger partial charge >= 0.3 is 5.97 Å². The Balaban J connectivity index is 1.51. The Morgan fingerprint density at radius 1 is 0.926 bits per heavy atom. The summed E-state index contributed by atoms with van der Waals surface area (Å²) >= 11 is 0. The highest BCUT2D eigenvalue weighted by Gasteiger charge is 2.39. The van der Waals surface area contributed by atoms with Crippen LogP contribution in [0.2, 0.25) is 0 Å². The number of fused-ring (bicyclic) bond motifs is 1. The topological polar surface area (TPSA) is 97.8 Å². The first kappa shape index (κ1) is 17.4. The van der Waals surface area contributed by atoms with Crippen molar-refractivity contribution in [2.75, 3.05) is 0 Å². The number of rotatable bonds is 4. The quantitative estimate of drug-likeness (QED) is 0.750. The lowest BCUT2D eigenvalue weighted by atomic mass is 10.00. The summed E-state index contributed by atoms with van der Waals surface area (Å²) in [7, 11) is -3.39. The molecule has 138 valence electrons. The number of nitrogens with zero attached hydrogens (tertiary/aromatic N) is 1. The average molecular weight is 385 g/mol. The Hall–Kier alpha value is -3.00. The molecule has 0 radical (unpaired) electrons. The summed E-state index contributed by atoms with van der Waals surface area (Å²) in [4.78, 5) is 41.8. The third-order valence-corrected chi connectivity index (χ3v) is 7.12. The van der Waals surface area contributed by atoms with Gasteiger partial charge in [0, 0.05) is 0 Å². The SMILES string of the molecule is O=C(ON1C(=O)c2ccccc2C1=O)c1ccc(S(=O)(=O)C2CCC2)cc1. The molecular formula is C19H15NO6S. The summed E-state index contributed by atoms with van der Waals surface area (Å²) < 4.78 is 24.7. The molecule has 7 nitrogen and oxygen atoms in total. The molecule has 1 fully saturated rings. The van der Waals surface area contributed by atoms with Crippen LogP contribution in [0.1, 0.15) is 50.3 Å². The molecule has 27 heavy (non-hydrogen) atoms. The number of hydroxylamine groups is 2. The van der Waals surface area contributed by atoms with E-state index in [1.807, 2.05) is 0 Å². The minimum absolute atomic E-state index is 0.0408. The molecule has 0 bridgehead atoms. The smallest absolute Gasteiger partial charge is 0.324 e. The fourth-order valence-electron chi connectivity index (χ4n) is 3.04. The number of sulfone groups is 1. The Labute approximate surface area is 155 Å². The van der Waals surface area contributed by atoms with E-state index in [1.165, 1.54) is 36.4 Å². The highest BCUT2D eigenvalue weighted by molar-refractivity contribution is 7.92. The molecule has 1 saturated carbocycles. The maximum atomic E-state index is 12.4. The van der Waals surface area contributed by atoms with Gasteiger partial charge in [0.25, 0.3) is 11.8 Å². The van der Waals surface area contributed by atoms with Crippen molar-refractivity contribution in [2.24, 2.45) is 0 Å².